The van der Waals surface area contributed by atoms with Crippen molar-refractivity contribution in [1.29, 1.82) is 0 Å². The summed E-state index contributed by atoms with van der Waals surface area (Å²) in [6.45, 7) is 2.65. The number of para-hydroxylation sites is 2. The molecule has 3 aromatic carbocycles. The van der Waals surface area contributed by atoms with Gasteiger partial charge in [-0.25, -0.2) is 4.98 Å². The van der Waals surface area contributed by atoms with Crippen LogP contribution in [0.3, 0.4) is 0 Å². The van der Waals surface area contributed by atoms with Gasteiger partial charge in [0.05, 0.1) is 33.5 Å². The number of Topliss-reactive ketones (excluding diaryl/α,β-unsaturated/α-hetero) is 1. The Hall–Kier alpha value is -4.26. The molecule has 0 amide bonds. The number of methoxy groups -OCH3 is 3. The first-order chi connectivity index (χ1) is 17.1. The Kier molecular flexibility index (Phi) is 7.35. The maximum atomic E-state index is 13.7. The molecule has 4 rings (SSSR count). The van der Waals surface area contributed by atoms with E-state index in [9.17, 15) is 4.79 Å². The molecule has 1 heterocycles. The first-order valence-electron chi connectivity index (χ1n) is 11.2. The standard InChI is InChI=1S/C28H27NO6/c1-5-14-34-20-12-10-18(11-13-20)27(30)21(28-29-22-8-6-7-9-23(22)35-28)15-19-16-25(32-3)26(33-4)17-24(19)31-2/h6-13,15-17H,5,14H2,1-4H3. The zero-order valence-electron chi connectivity index (χ0n) is 20.2. The third kappa shape index (κ3) is 5.14. The van der Waals surface area contributed by atoms with Crippen molar-refractivity contribution in [3.63, 3.8) is 0 Å². The Balaban J connectivity index is 1.84. The van der Waals surface area contributed by atoms with Crippen LogP contribution in [0.15, 0.2) is 65.1 Å². The lowest BCUT2D eigenvalue weighted by Crippen LogP contribution is -2.04. The lowest BCUT2D eigenvalue weighted by atomic mass is 10.00. The van der Waals surface area contributed by atoms with E-state index in [1.807, 2.05) is 31.2 Å². The molecular formula is C28H27NO6. The Morgan fingerprint density at radius 1 is 0.914 bits per heavy atom. The molecule has 180 valence electrons. The number of rotatable bonds is 10. The number of nitrogens with zero attached hydrogens (tertiary/aromatic N) is 1. The number of fused-ring (bicyclic) bond motifs is 1. The van der Waals surface area contributed by atoms with E-state index < -0.39 is 0 Å². The second-order valence-corrected chi connectivity index (χ2v) is 7.70. The maximum Gasteiger partial charge on any atom is 0.231 e. The first kappa shape index (κ1) is 23.9. The molecule has 0 aliphatic carbocycles. The molecule has 4 aromatic rings. The van der Waals surface area contributed by atoms with Crippen LogP contribution in [-0.4, -0.2) is 38.7 Å². The molecule has 0 radical (unpaired) electrons. The Morgan fingerprint density at radius 3 is 2.26 bits per heavy atom. The summed E-state index contributed by atoms with van der Waals surface area (Å²) in [5.74, 6) is 2.18. The van der Waals surface area contributed by atoms with Crippen molar-refractivity contribution >= 4 is 28.5 Å². The highest BCUT2D eigenvalue weighted by Gasteiger charge is 2.22. The van der Waals surface area contributed by atoms with Crippen LogP contribution in [0.25, 0.3) is 22.7 Å². The van der Waals surface area contributed by atoms with Crippen molar-refractivity contribution in [1.82, 2.24) is 4.98 Å². The molecular weight excluding hydrogens is 446 g/mol. The van der Waals surface area contributed by atoms with E-state index in [1.165, 1.54) is 0 Å². The van der Waals surface area contributed by atoms with Crippen LogP contribution in [0.5, 0.6) is 23.0 Å². The number of carbonyl (C=O) groups is 1. The first-order valence-corrected chi connectivity index (χ1v) is 11.2. The number of aromatic nitrogens is 1. The summed E-state index contributed by atoms with van der Waals surface area (Å²) >= 11 is 0. The molecule has 0 saturated carbocycles. The van der Waals surface area contributed by atoms with E-state index in [2.05, 4.69) is 4.98 Å². The number of hydrogen-bond donors (Lipinski definition) is 0. The highest BCUT2D eigenvalue weighted by molar-refractivity contribution is 6.31. The van der Waals surface area contributed by atoms with E-state index in [4.69, 9.17) is 23.4 Å². The van der Waals surface area contributed by atoms with Crippen molar-refractivity contribution in [3.8, 4) is 23.0 Å². The molecule has 1 aromatic heterocycles. The van der Waals surface area contributed by atoms with Gasteiger partial charge in [0.2, 0.25) is 5.89 Å². The zero-order chi connectivity index (χ0) is 24.8. The molecule has 0 aliphatic rings. The molecule has 0 fully saturated rings. The highest BCUT2D eigenvalue weighted by atomic mass is 16.5. The van der Waals surface area contributed by atoms with E-state index in [1.54, 1.807) is 63.8 Å². The molecule has 0 unspecified atom stereocenters. The van der Waals surface area contributed by atoms with Gasteiger partial charge in [-0.3, -0.25) is 4.79 Å². The number of allylic oxidation sites excluding steroid dienone is 1. The second-order valence-electron chi connectivity index (χ2n) is 7.70. The van der Waals surface area contributed by atoms with Crippen LogP contribution >= 0.6 is 0 Å². The van der Waals surface area contributed by atoms with Crippen LogP contribution < -0.4 is 18.9 Å². The van der Waals surface area contributed by atoms with Gasteiger partial charge in [-0.05, 0) is 55.0 Å². The summed E-state index contributed by atoms with van der Waals surface area (Å²) in [6, 6.07) is 17.8. The zero-order valence-corrected chi connectivity index (χ0v) is 20.2. The third-order valence-electron chi connectivity index (χ3n) is 5.39. The number of carbonyl (C=O) groups excluding carboxylic acids is 1. The minimum atomic E-state index is -0.254. The van der Waals surface area contributed by atoms with E-state index in [-0.39, 0.29) is 17.2 Å². The average Bonchev–Trinajstić information content (AvgIpc) is 3.34. The monoisotopic (exact) mass is 473 g/mol. The van der Waals surface area contributed by atoms with Crippen molar-refractivity contribution in [2.75, 3.05) is 27.9 Å². The fourth-order valence-corrected chi connectivity index (χ4v) is 3.61. The Bertz CT molecular complexity index is 1320. The number of hydrogen-bond acceptors (Lipinski definition) is 7. The predicted molar refractivity (Wildman–Crippen MR) is 135 cm³/mol. The molecule has 0 bridgehead atoms. The lowest BCUT2D eigenvalue weighted by molar-refractivity contribution is 0.105. The number of oxazole rings is 1. The minimum Gasteiger partial charge on any atom is -0.496 e. The number of ether oxygens (including phenoxy) is 4. The van der Waals surface area contributed by atoms with Crippen LogP contribution in [-0.2, 0) is 0 Å². The van der Waals surface area contributed by atoms with Gasteiger partial charge in [0.1, 0.15) is 17.0 Å². The van der Waals surface area contributed by atoms with Gasteiger partial charge in [-0.15, -0.1) is 0 Å². The SMILES string of the molecule is CCCOc1ccc(C(=O)C(=Cc2cc(OC)c(OC)cc2OC)c2nc3ccccc3o2)cc1. The minimum absolute atomic E-state index is 0.208. The molecule has 0 aliphatic heterocycles. The Morgan fingerprint density at radius 2 is 1.60 bits per heavy atom. The summed E-state index contributed by atoms with van der Waals surface area (Å²) in [4.78, 5) is 18.3. The van der Waals surface area contributed by atoms with Gasteiger partial charge >= 0.3 is 0 Å². The van der Waals surface area contributed by atoms with Crippen molar-refractivity contribution in [2.24, 2.45) is 0 Å². The molecule has 0 saturated heterocycles. The van der Waals surface area contributed by atoms with Crippen molar-refractivity contribution in [2.45, 2.75) is 13.3 Å². The third-order valence-corrected chi connectivity index (χ3v) is 5.39. The van der Waals surface area contributed by atoms with Crippen LogP contribution in [0, 0.1) is 0 Å². The summed E-state index contributed by atoms with van der Waals surface area (Å²) in [5, 5.41) is 0. The topological polar surface area (TPSA) is 80.0 Å². The number of benzene rings is 3. The van der Waals surface area contributed by atoms with E-state index in [0.717, 1.165) is 6.42 Å². The second kappa shape index (κ2) is 10.8. The molecule has 7 heteroatoms. The fourth-order valence-electron chi connectivity index (χ4n) is 3.61. The van der Waals surface area contributed by atoms with Crippen molar-refractivity contribution in [3.05, 3.63) is 77.7 Å². The highest BCUT2D eigenvalue weighted by Crippen LogP contribution is 2.37. The Labute approximate surface area is 203 Å². The summed E-state index contributed by atoms with van der Waals surface area (Å²) < 4.78 is 28.0. The van der Waals surface area contributed by atoms with E-state index in [0.29, 0.717) is 51.8 Å². The molecule has 0 N–H and O–H groups in total. The van der Waals surface area contributed by atoms with Crippen LogP contribution in [0.1, 0.15) is 35.2 Å². The van der Waals surface area contributed by atoms with Gasteiger partial charge < -0.3 is 23.4 Å². The molecule has 0 spiro atoms. The smallest absolute Gasteiger partial charge is 0.231 e. The number of ketones is 1. The van der Waals surface area contributed by atoms with Gasteiger partial charge in [0.25, 0.3) is 0 Å². The quantitative estimate of drug-likeness (QED) is 0.204. The molecule has 35 heavy (non-hydrogen) atoms. The van der Waals surface area contributed by atoms with Crippen LogP contribution in [0.2, 0.25) is 0 Å². The summed E-state index contributed by atoms with van der Waals surface area (Å²) in [5.41, 5.74) is 2.60. The summed E-state index contributed by atoms with van der Waals surface area (Å²) in [6.07, 6.45) is 2.59. The van der Waals surface area contributed by atoms with E-state index >= 15 is 0 Å². The van der Waals surface area contributed by atoms with Gasteiger partial charge in [-0.2, -0.15) is 0 Å². The van der Waals surface area contributed by atoms with Crippen LogP contribution in [0.4, 0.5) is 0 Å². The van der Waals surface area contributed by atoms with Gasteiger partial charge in [-0.1, -0.05) is 19.1 Å². The van der Waals surface area contributed by atoms with Crippen molar-refractivity contribution < 1.29 is 28.2 Å². The largest absolute Gasteiger partial charge is 0.496 e. The molecule has 7 nitrogen and oxygen atoms in total. The lowest BCUT2D eigenvalue weighted by Gasteiger charge is -2.13. The van der Waals surface area contributed by atoms with Gasteiger partial charge in [0, 0.05) is 17.2 Å². The fraction of sp³-hybridized carbons (Fsp3) is 0.214. The van der Waals surface area contributed by atoms with Gasteiger partial charge in [0.15, 0.2) is 22.9 Å². The molecule has 0 atom stereocenters. The maximum absolute atomic E-state index is 13.7. The summed E-state index contributed by atoms with van der Waals surface area (Å²) in [7, 11) is 4.65. The normalized spacial score (nSPS) is 11.4. The predicted octanol–water partition coefficient (Wildman–Crippen LogP) is 6.07. The average molecular weight is 474 g/mol.